The highest BCUT2D eigenvalue weighted by molar-refractivity contribution is 6.31. The van der Waals surface area contributed by atoms with Crippen LogP contribution in [0.15, 0.2) is 60.3 Å². The first-order valence-electron chi connectivity index (χ1n) is 12.0. The molecule has 0 spiro atoms. The molecule has 2 aliphatic rings. The van der Waals surface area contributed by atoms with Crippen molar-refractivity contribution in [3.05, 3.63) is 81.5 Å². The zero-order valence-electron chi connectivity index (χ0n) is 21.8. The van der Waals surface area contributed by atoms with E-state index >= 15 is 0 Å². The molecular weight excluding hydrogens is 479 g/mol. The van der Waals surface area contributed by atoms with E-state index in [9.17, 15) is 0 Å². The lowest BCUT2D eigenvalue weighted by Crippen LogP contribution is -2.34. The van der Waals surface area contributed by atoms with E-state index in [0.717, 1.165) is 32.8 Å². The van der Waals surface area contributed by atoms with Crippen molar-refractivity contribution in [2.45, 2.75) is 64.8 Å². The van der Waals surface area contributed by atoms with Crippen molar-refractivity contribution in [1.29, 1.82) is 0 Å². The average Bonchev–Trinajstić information content (AvgIpc) is 3.17. The van der Waals surface area contributed by atoms with Crippen LogP contribution in [0.3, 0.4) is 0 Å². The van der Waals surface area contributed by atoms with Gasteiger partial charge in [0.1, 0.15) is 6.23 Å². The Hall–Kier alpha value is -2.11. The van der Waals surface area contributed by atoms with Crippen molar-refractivity contribution in [2.24, 2.45) is 0 Å². The fraction of sp³-hybridized carbons (Fsp3) is 0.414. The lowest BCUT2D eigenvalue weighted by atomic mass is 9.81. The van der Waals surface area contributed by atoms with E-state index in [0.29, 0.717) is 0 Å². The van der Waals surface area contributed by atoms with Gasteiger partial charge in [0.05, 0.1) is 5.41 Å². The Bertz CT molecular complexity index is 1240. The molecule has 0 saturated carbocycles. The predicted molar refractivity (Wildman–Crippen MR) is 147 cm³/mol. The van der Waals surface area contributed by atoms with E-state index in [4.69, 9.17) is 32.7 Å². The van der Waals surface area contributed by atoms with Crippen molar-refractivity contribution >= 4 is 40.3 Å². The molecular formula is C29H35Cl2N2O2+. The number of rotatable bonds is 6. The summed E-state index contributed by atoms with van der Waals surface area (Å²) in [5.41, 5.74) is 6.48. The molecule has 4 nitrogen and oxygen atoms in total. The molecule has 2 unspecified atom stereocenters. The minimum atomic E-state index is -0.233. The van der Waals surface area contributed by atoms with Gasteiger partial charge in [-0.05, 0) is 62.7 Å². The third-order valence-corrected chi connectivity index (χ3v) is 7.97. The normalized spacial score (nSPS) is 21.1. The monoisotopic (exact) mass is 513 g/mol. The summed E-state index contributed by atoms with van der Waals surface area (Å²) in [5.74, 6) is 0. The number of ether oxygens (including phenoxy) is 2. The number of benzene rings is 2. The summed E-state index contributed by atoms with van der Waals surface area (Å²) >= 11 is 12.8. The first-order chi connectivity index (χ1) is 16.4. The Morgan fingerprint density at radius 2 is 1.51 bits per heavy atom. The summed E-state index contributed by atoms with van der Waals surface area (Å²) in [6.45, 7) is 13.0. The third-order valence-electron chi connectivity index (χ3n) is 7.50. The molecule has 4 rings (SSSR count). The Balaban J connectivity index is 1.82. The van der Waals surface area contributed by atoms with Gasteiger partial charge in [-0.15, -0.1) is 0 Å². The molecule has 6 heteroatoms. The lowest BCUT2D eigenvalue weighted by molar-refractivity contribution is -0.532. The van der Waals surface area contributed by atoms with Crippen molar-refractivity contribution in [3.63, 3.8) is 0 Å². The lowest BCUT2D eigenvalue weighted by Gasteiger charge is -2.31. The largest absolute Gasteiger partial charge is 0.362 e. The number of allylic oxidation sites excluding steroid dienone is 4. The maximum atomic E-state index is 6.38. The fourth-order valence-corrected chi connectivity index (χ4v) is 5.72. The third kappa shape index (κ3) is 4.25. The van der Waals surface area contributed by atoms with E-state index in [1.165, 1.54) is 11.1 Å². The summed E-state index contributed by atoms with van der Waals surface area (Å²) in [7, 11) is 3.48. The number of halogens is 2. The second kappa shape index (κ2) is 9.40. The number of hydrogen-bond acceptors (Lipinski definition) is 3. The summed E-state index contributed by atoms with van der Waals surface area (Å²) in [6, 6.07) is 12.2. The predicted octanol–water partition coefficient (Wildman–Crippen LogP) is 7.59. The fourth-order valence-electron chi connectivity index (χ4n) is 5.38. The molecule has 0 fully saturated rings. The van der Waals surface area contributed by atoms with Gasteiger partial charge >= 0.3 is 0 Å². The highest BCUT2D eigenvalue weighted by Crippen LogP contribution is 2.49. The summed E-state index contributed by atoms with van der Waals surface area (Å²) in [6.07, 6.45) is 6.28. The van der Waals surface area contributed by atoms with Gasteiger partial charge in [0.15, 0.2) is 5.71 Å². The van der Waals surface area contributed by atoms with Crippen LogP contribution in [0.2, 0.25) is 10.0 Å². The van der Waals surface area contributed by atoms with E-state index < -0.39 is 0 Å². The van der Waals surface area contributed by atoms with Gasteiger partial charge in [-0.1, -0.05) is 43.1 Å². The molecule has 0 aliphatic carbocycles. The molecule has 0 radical (unpaired) electrons. The topological polar surface area (TPSA) is 24.7 Å². The first kappa shape index (κ1) is 26.0. The second-order valence-corrected chi connectivity index (χ2v) is 11.2. The molecule has 0 aromatic heterocycles. The Morgan fingerprint density at radius 3 is 2.14 bits per heavy atom. The van der Waals surface area contributed by atoms with Crippen LogP contribution in [-0.2, 0) is 20.3 Å². The smallest absolute Gasteiger partial charge is 0.260 e. The van der Waals surface area contributed by atoms with Crippen LogP contribution >= 0.6 is 23.2 Å². The van der Waals surface area contributed by atoms with Crippen LogP contribution in [0.5, 0.6) is 0 Å². The van der Waals surface area contributed by atoms with E-state index in [1.807, 2.05) is 12.1 Å². The molecule has 2 aromatic rings. The standard InChI is InChI=1S/C29H35Cl2N2O2/c1-18(34-7)32-24-14-12-20(30)16-22(24)28(3,4)26(32)10-9-11-27-29(5,6)23-17-21(31)13-15-25(23)33(27)19(2)35-8/h9-19H,1-8H3/q+1. The second-order valence-electron chi connectivity index (χ2n) is 10.3. The van der Waals surface area contributed by atoms with Crippen molar-refractivity contribution < 1.29 is 14.0 Å². The Morgan fingerprint density at radius 1 is 0.886 bits per heavy atom. The summed E-state index contributed by atoms with van der Waals surface area (Å²) in [4.78, 5) is 2.25. The Labute approximate surface area is 219 Å². The van der Waals surface area contributed by atoms with Crippen LogP contribution in [0.25, 0.3) is 0 Å². The number of nitrogens with zero attached hydrogens (tertiary/aromatic N) is 2. The molecule has 2 aliphatic heterocycles. The van der Waals surface area contributed by atoms with Crippen molar-refractivity contribution in [2.75, 3.05) is 19.1 Å². The summed E-state index contributed by atoms with van der Waals surface area (Å²) in [5, 5.41) is 1.48. The van der Waals surface area contributed by atoms with Gasteiger partial charge in [0.2, 0.25) is 5.69 Å². The van der Waals surface area contributed by atoms with Crippen LogP contribution in [0, 0.1) is 0 Å². The van der Waals surface area contributed by atoms with E-state index in [-0.39, 0.29) is 23.3 Å². The number of hydrogen-bond donors (Lipinski definition) is 0. The average molecular weight is 515 g/mol. The zero-order valence-corrected chi connectivity index (χ0v) is 23.3. The molecule has 0 N–H and O–H groups in total. The highest BCUT2D eigenvalue weighted by atomic mass is 35.5. The minimum absolute atomic E-state index is 0.122. The van der Waals surface area contributed by atoms with Gasteiger partial charge in [0, 0.05) is 65.7 Å². The maximum absolute atomic E-state index is 6.38. The molecule has 2 aromatic carbocycles. The SMILES string of the molecule is COC(C)N1/C(=C/C=C/C2=[N+](C(C)OC)c3ccc(Cl)cc3C2(C)C)C(C)(C)c2cc(Cl)ccc21. The summed E-state index contributed by atoms with van der Waals surface area (Å²) < 4.78 is 13.8. The number of anilines is 1. The van der Waals surface area contributed by atoms with Crippen molar-refractivity contribution in [3.8, 4) is 0 Å². The van der Waals surface area contributed by atoms with Crippen LogP contribution in [0.4, 0.5) is 11.4 Å². The van der Waals surface area contributed by atoms with Gasteiger partial charge in [-0.2, -0.15) is 4.58 Å². The van der Waals surface area contributed by atoms with Crippen LogP contribution in [-0.4, -0.2) is 37.0 Å². The molecule has 2 heterocycles. The number of fused-ring (bicyclic) bond motifs is 2. The maximum Gasteiger partial charge on any atom is 0.260 e. The van der Waals surface area contributed by atoms with Gasteiger partial charge in [-0.3, -0.25) is 0 Å². The molecule has 0 amide bonds. The Kier molecular flexibility index (Phi) is 6.98. The molecule has 0 saturated heterocycles. The molecule has 0 bridgehead atoms. The van der Waals surface area contributed by atoms with Gasteiger partial charge in [0.25, 0.3) is 6.23 Å². The minimum Gasteiger partial charge on any atom is -0.362 e. The van der Waals surface area contributed by atoms with E-state index in [1.54, 1.807) is 14.2 Å². The first-order valence-corrected chi connectivity index (χ1v) is 12.7. The molecule has 2 atom stereocenters. The highest BCUT2D eigenvalue weighted by Gasteiger charge is 2.46. The zero-order chi connectivity index (χ0) is 25.7. The van der Waals surface area contributed by atoms with Crippen LogP contribution in [0.1, 0.15) is 52.7 Å². The molecule has 186 valence electrons. The van der Waals surface area contributed by atoms with Crippen molar-refractivity contribution in [1.82, 2.24) is 0 Å². The molecule has 35 heavy (non-hydrogen) atoms. The number of methoxy groups -OCH3 is 2. The van der Waals surface area contributed by atoms with E-state index in [2.05, 4.69) is 93.5 Å². The quantitative estimate of drug-likeness (QED) is 0.371. The van der Waals surface area contributed by atoms with Gasteiger partial charge in [-0.25, -0.2) is 0 Å². The van der Waals surface area contributed by atoms with Crippen LogP contribution < -0.4 is 4.90 Å². The van der Waals surface area contributed by atoms with Gasteiger partial charge < -0.3 is 14.4 Å².